The van der Waals surface area contributed by atoms with Crippen molar-refractivity contribution in [2.45, 2.75) is 0 Å². The summed E-state index contributed by atoms with van der Waals surface area (Å²) in [6, 6.07) is 1.67. The second-order valence-corrected chi connectivity index (χ2v) is 2.27. The highest BCUT2D eigenvalue weighted by Crippen LogP contribution is 1.96. The Hall–Kier alpha value is -0.350. The van der Waals surface area contributed by atoms with E-state index in [1.165, 1.54) is 11.5 Å². The molecule has 0 fully saturated rings. The summed E-state index contributed by atoms with van der Waals surface area (Å²) in [6.45, 7) is 0. The summed E-state index contributed by atoms with van der Waals surface area (Å²) >= 11 is 5.78. The van der Waals surface area contributed by atoms with Gasteiger partial charge in [0.2, 0.25) is 0 Å². The summed E-state index contributed by atoms with van der Waals surface area (Å²) in [5.74, 6) is 0. The molecule has 1 rings (SSSR count). The molecule has 0 radical (unpaired) electrons. The van der Waals surface area contributed by atoms with Crippen LogP contribution in [-0.4, -0.2) is 9.33 Å². The van der Waals surface area contributed by atoms with Gasteiger partial charge in [0.25, 0.3) is 0 Å². The van der Waals surface area contributed by atoms with E-state index < -0.39 is 0 Å². The lowest BCUT2D eigenvalue weighted by molar-refractivity contribution is 0.215. The third-order valence-electron chi connectivity index (χ3n) is 0.560. The summed E-state index contributed by atoms with van der Waals surface area (Å²) < 4.78 is 1.40. The predicted molar refractivity (Wildman–Crippen MR) is 30.3 cm³/mol. The van der Waals surface area contributed by atoms with Crippen LogP contribution in [0.5, 0.6) is 0 Å². The van der Waals surface area contributed by atoms with E-state index >= 15 is 0 Å². The third-order valence-corrected chi connectivity index (χ3v) is 1.64. The SMILES string of the molecule is On1sccc1=S. The lowest BCUT2D eigenvalue weighted by Gasteiger charge is -1.78. The highest BCUT2D eigenvalue weighted by Gasteiger charge is 1.81. The van der Waals surface area contributed by atoms with E-state index in [0.29, 0.717) is 4.64 Å². The molecule has 7 heavy (non-hydrogen) atoms. The highest BCUT2D eigenvalue weighted by molar-refractivity contribution is 7.71. The van der Waals surface area contributed by atoms with Gasteiger partial charge in [-0.05, 0) is 17.6 Å². The fourth-order valence-electron chi connectivity index (χ4n) is 0.262. The van der Waals surface area contributed by atoms with E-state index in [1.54, 1.807) is 11.4 Å². The zero-order valence-electron chi connectivity index (χ0n) is 3.37. The summed E-state index contributed by atoms with van der Waals surface area (Å²) in [4.78, 5) is 0. The van der Waals surface area contributed by atoms with Crippen LogP contribution in [-0.2, 0) is 0 Å². The van der Waals surface area contributed by atoms with Gasteiger partial charge in [-0.15, -0.1) is 4.12 Å². The molecule has 0 aromatic carbocycles. The van der Waals surface area contributed by atoms with E-state index in [1.807, 2.05) is 0 Å². The number of hydrogen-bond donors (Lipinski definition) is 1. The van der Waals surface area contributed by atoms with E-state index in [4.69, 9.17) is 5.21 Å². The largest absolute Gasteiger partial charge is 0.417 e. The van der Waals surface area contributed by atoms with Crippen molar-refractivity contribution in [2.75, 3.05) is 0 Å². The Morgan fingerprint density at radius 2 is 2.57 bits per heavy atom. The Bertz CT molecular complexity index is 201. The van der Waals surface area contributed by atoms with Gasteiger partial charge < -0.3 is 5.21 Å². The van der Waals surface area contributed by atoms with Crippen molar-refractivity contribution >= 4 is 23.8 Å². The molecule has 0 aliphatic rings. The van der Waals surface area contributed by atoms with Gasteiger partial charge in [-0.25, -0.2) is 0 Å². The molecule has 0 amide bonds. The molecule has 0 bridgehead atoms. The molecule has 0 aliphatic heterocycles. The van der Waals surface area contributed by atoms with Crippen LogP contribution >= 0.6 is 23.8 Å². The van der Waals surface area contributed by atoms with Gasteiger partial charge in [-0.1, -0.05) is 12.2 Å². The number of hydrogen-bond acceptors (Lipinski definition) is 3. The van der Waals surface area contributed by atoms with E-state index in [9.17, 15) is 0 Å². The quantitative estimate of drug-likeness (QED) is 0.428. The van der Waals surface area contributed by atoms with Crippen molar-refractivity contribution in [3.05, 3.63) is 16.1 Å². The molecule has 0 unspecified atom stereocenters. The average molecular weight is 133 g/mol. The Kier molecular flexibility index (Phi) is 1.12. The predicted octanol–water partition coefficient (Wildman–Crippen LogP) is 1.52. The number of nitrogens with zero attached hydrogens (tertiary/aromatic N) is 1. The smallest absolute Gasteiger partial charge is 0.155 e. The van der Waals surface area contributed by atoms with E-state index in [0.717, 1.165) is 4.12 Å². The topological polar surface area (TPSA) is 25.2 Å². The molecule has 1 heterocycles. The molecule has 2 nitrogen and oxygen atoms in total. The minimum Gasteiger partial charge on any atom is -0.417 e. The standard InChI is InChI=1S/C3H3NOS2/c5-4-3(6)1-2-7-4/h1-2,5H. The Morgan fingerprint density at radius 3 is 2.71 bits per heavy atom. The van der Waals surface area contributed by atoms with Crippen LogP contribution < -0.4 is 0 Å². The second-order valence-electron chi connectivity index (χ2n) is 1.02. The molecule has 4 heteroatoms. The van der Waals surface area contributed by atoms with Crippen molar-refractivity contribution in [1.29, 1.82) is 0 Å². The Labute approximate surface area is 49.7 Å². The van der Waals surface area contributed by atoms with Crippen molar-refractivity contribution in [1.82, 2.24) is 4.12 Å². The van der Waals surface area contributed by atoms with Gasteiger partial charge in [0.1, 0.15) is 0 Å². The van der Waals surface area contributed by atoms with Crippen molar-refractivity contribution in [2.24, 2.45) is 0 Å². The van der Waals surface area contributed by atoms with Crippen LogP contribution in [0.3, 0.4) is 0 Å². The van der Waals surface area contributed by atoms with Gasteiger partial charge in [-0.2, -0.15) is 0 Å². The van der Waals surface area contributed by atoms with Gasteiger partial charge in [0.05, 0.1) is 0 Å². The molecule has 1 aromatic heterocycles. The summed E-state index contributed by atoms with van der Waals surface area (Å²) in [6.07, 6.45) is 0. The lowest BCUT2D eigenvalue weighted by atomic mass is 10.8. The first-order chi connectivity index (χ1) is 3.30. The third kappa shape index (κ3) is 0.808. The minimum atomic E-state index is 0.463. The molecule has 0 aliphatic carbocycles. The fraction of sp³-hybridized carbons (Fsp3) is 0. The molecular formula is C3H3NOS2. The van der Waals surface area contributed by atoms with Crippen LogP contribution in [0.25, 0.3) is 0 Å². The molecule has 0 atom stereocenters. The second kappa shape index (κ2) is 1.63. The molecule has 38 valence electrons. The Morgan fingerprint density at radius 1 is 1.86 bits per heavy atom. The fourth-order valence-corrected chi connectivity index (χ4v) is 1.02. The maximum Gasteiger partial charge on any atom is 0.155 e. The molecule has 1 aromatic rings. The van der Waals surface area contributed by atoms with Crippen LogP contribution in [0.1, 0.15) is 0 Å². The molecule has 0 saturated carbocycles. The molecule has 1 N–H and O–H groups in total. The zero-order valence-corrected chi connectivity index (χ0v) is 5.00. The first kappa shape index (κ1) is 4.80. The lowest BCUT2D eigenvalue weighted by Crippen LogP contribution is -1.78. The van der Waals surface area contributed by atoms with E-state index in [2.05, 4.69) is 12.2 Å². The molecular weight excluding hydrogens is 130 g/mol. The maximum absolute atomic E-state index is 8.59. The van der Waals surface area contributed by atoms with Gasteiger partial charge in [0.15, 0.2) is 4.64 Å². The Balaban J connectivity index is 3.39. The van der Waals surface area contributed by atoms with Crippen molar-refractivity contribution in [3.63, 3.8) is 0 Å². The highest BCUT2D eigenvalue weighted by atomic mass is 32.1. The maximum atomic E-state index is 8.59. The zero-order chi connectivity index (χ0) is 5.28. The molecule has 0 saturated heterocycles. The molecule has 0 spiro atoms. The summed E-state index contributed by atoms with van der Waals surface area (Å²) in [7, 11) is 0. The number of aromatic nitrogens is 1. The average Bonchev–Trinajstić information content (AvgIpc) is 1.91. The monoisotopic (exact) mass is 133 g/mol. The van der Waals surface area contributed by atoms with Gasteiger partial charge >= 0.3 is 0 Å². The van der Waals surface area contributed by atoms with Crippen LogP contribution in [0.15, 0.2) is 11.4 Å². The van der Waals surface area contributed by atoms with Crippen LogP contribution in [0.2, 0.25) is 0 Å². The van der Waals surface area contributed by atoms with Crippen LogP contribution in [0, 0.1) is 4.64 Å². The number of rotatable bonds is 0. The normalized spacial score (nSPS) is 9.14. The first-order valence-corrected chi connectivity index (χ1v) is 2.91. The van der Waals surface area contributed by atoms with Crippen molar-refractivity contribution in [3.8, 4) is 0 Å². The van der Waals surface area contributed by atoms with Crippen LogP contribution in [0.4, 0.5) is 0 Å². The van der Waals surface area contributed by atoms with Gasteiger partial charge in [-0.3, -0.25) is 0 Å². The van der Waals surface area contributed by atoms with E-state index in [-0.39, 0.29) is 0 Å². The van der Waals surface area contributed by atoms with Gasteiger partial charge in [0, 0.05) is 5.38 Å². The van der Waals surface area contributed by atoms with Crippen molar-refractivity contribution < 1.29 is 5.21 Å². The minimum absolute atomic E-state index is 0.463. The summed E-state index contributed by atoms with van der Waals surface area (Å²) in [5.41, 5.74) is 0. The summed E-state index contributed by atoms with van der Waals surface area (Å²) in [5, 5.41) is 10.3. The first-order valence-electron chi connectivity index (χ1n) is 1.67.